The minimum atomic E-state index is -0.363. The molecule has 98 valence electrons. The molecule has 0 spiro atoms. The van der Waals surface area contributed by atoms with E-state index in [2.05, 4.69) is 26.2 Å². The number of carbonyl (C=O) groups is 1. The van der Waals surface area contributed by atoms with Crippen molar-refractivity contribution in [3.05, 3.63) is 46.7 Å². The molecule has 2 aromatic rings. The lowest BCUT2D eigenvalue weighted by Crippen LogP contribution is -2.15. The van der Waals surface area contributed by atoms with Gasteiger partial charge in [-0.05, 0) is 24.3 Å². The van der Waals surface area contributed by atoms with Crippen LogP contribution in [0.15, 0.2) is 41.0 Å². The molecular formula is C13H12BrN3O2. The van der Waals surface area contributed by atoms with Gasteiger partial charge in [-0.2, -0.15) is 0 Å². The number of halogens is 1. The van der Waals surface area contributed by atoms with Crippen LogP contribution in [0.2, 0.25) is 0 Å². The van der Waals surface area contributed by atoms with E-state index >= 15 is 0 Å². The number of hydrogen-bond donors (Lipinski definition) is 2. The summed E-state index contributed by atoms with van der Waals surface area (Å²) in [6.45, 7) is 0. The first kappa shape index (κ1) is 13.4. The number of aromatic nitrogens is 1. The largest absolute Gasteiger partial charge is 0.497 e. The van der Waals surface area contributed by atoms with Gasteiger partial charge in [0.1, 0.15) is 5.75 Å². The van der Waals surface area contributed by atoms with Crippen molar-refractivity contribution in [3.8, 4) is 5.75 Å². The topological polar surface area (TPSA) is 77.2 Å². The number of nitrogens with one attached hydrogen (secondary N) is 1. The summed E-state index contributed by atoms with van der Waals surface area (Å²) in [6.07, 6.45) is 1.52. The molecule has 0 saturated carbocycles. The van der Waals surface area contributed by atoms with Crippen molar-refractivity contribution in [2.24, 2.45) is 0 Å². The second-order valence-electron chi connectivity index (χ2n) is 3.78. The van der Waals surface area contributed by atoms with Crippen molar-refractivity contribution in [2.75, 3.05) is 18.2 Å². The Morgan fingerprint density at radius 1 is 1.42 bits per heavy atom. The summed E-state index contributed by atoms with van der Waals surface area (Å²) in [5, 5.41) is 2.72. The van der Waals surface area contributed by atoms with Crippen molar-refractivity contribution >= 4 is 33.2 Å². The van der Waals surface area contributed by atoms with Crippen LogP contribution in [0.5, 0.6) is 5.75 Å². The Morgan fingerprint density at radius 3 is 2.89 bits per heavy atom. The van der Waals surface area contributed by atoms with E-state index in [-0.39, 0.29) is 11.6 Å². The van der Waals surface area contributed by atoms with E-state index in [4.69, 9.17) is 10.5 Å². The summed E-state index contributed by atoms with van der Waals surface area (Å²) in [7, 11) is 1.56. The molecule has 1 amide bonds. The fourth-order valence-electron chi connectivity index (χ4n) is 1.55. The molecule has 0 fully saturated rings. The van der Waals surface area contributed by atoms with Gasteiger partial charge in [-0.15, -0.1) is 0 Å². The number of rotatable bonds is 3. The van der Waals surface area contributed by atoms with Crippen molar-refractivity contribution in [2.45, 2.75) is 0 Å². The number of ether oxygens (including phenoxy) is 1. The number of pyridine rings is 1. The van der Waals surface area contributed by atoms with Crippen LogP contribution < -0.4 is 15.8 Å². The van der Waals surface area contributed by atoms with Crippen molar-refractivity contribution in [1.82, 2.24) is 4.98 Å². The summed E-state index contributed by atoms with van der Waals surface area (Å²) in [4.78, 5) is 16.0. The number of nitrogens with zero attached hydrogens (tertiary/aromatic N) is 1. The number of amides is 1. The van der Waals surface area contributed by atoms with E-state index < -0.39 is 0 Å². The average Bonchev–Trinajstić information content (AvgIpc) is 2.38. The van der Waals surface area contributed by atoms with Crippen LogP contribution in [0.3, 0.4) is 0 Å². The maximum absolute atomic E-state index is 12.0. The van der Waals surface area contributed by atoms with Crippen LogP contribution in [-0.4, -0.2) is 18.0 Å². The normalized spacial score (nSPS) is 10.0. The second kappa shape index (κ2) is 5.71. The van der Waals surface area contributed by atoms with Crippen LogP contribution in [0.1, 0.15) is 10.5 Å². The zero-order valence-corrected chi connectivity index (χ0v) is 11.8. The standard InChI is InChI=1S/C13H12BrN3O2/c1-19-10-6-8(14)5-9(7-10)17-13(18)12-11(15)3-2-4-16-12/h2-7H,15H2,1H3,(H,17,18). The average molecular weight is 322 g/mol. The van der Waals surface area contributed by atoms with E-state index in [0.29, 0.717) is 17.1 Å². The summed E-state index contributed by atoms with van der Waals surface area (Å²) in [6, 6.07) is 8.57. The molecule has 6 heteroatoms. The zero-order chi connectivity index (χ0) is 13.8. The van der Waals surface area contributed by atoms with Gasteiger partial charge in [-0.3, -0.25) is 4.79 Å². The highest BCUT2D eigenvalue weighted by atomic mass is 79.9. The molecular weight excluding hydrogens is 310 g/mol. The van der Waals surface area contributed by atoms with E-state index in [1.165, 1.54) is 6.20 Å². The number of hydrogen-bond acceptors (Lipinski definition) is 4. The third-order valence-corrected chi connectivity index (χ3v) is 2.88. The summed E-state index contributed by atoms with van der Waals surface area (Å²) >= 11 is 3.34. The monoisotopic (exact) mass is 321 g/mol. The Balaban J connectivity index is 2.24. The maximum Gasteiger partial charge on any atom is 0.276 e. The van der Waals surface area contributed by atoms with Crippen LogP contribution >= 0.6 is 15.9 Å². The summed E-state index contributed by atoms with van der Waals surface area (Å²) in [5.74, 6) is 0.275. The molecule has 0 radical (unpaired) electrons. The Kier molecular flexibility index (Phi) is 4.01. The number of anilines is 2. The molecule has 0 aliphatic heterocycles. The number of methoxy groups -OCH3 is 1. The fraction of sp³-hybridized carbons (Fsp3) is 0.0769. The van der Waals surface area contributed by atoms with Crippen LogP contribution in [0, 0.1) is 0 Å². The number of carbonyl (C=O) groups excluding carboxylic acids is 1. The van der Waals surface area contributed by atoms with E-state index in [1.807, 2.05) is 0 Å². The lowest BCUT2D eigenvalue weighted by atomic mass is 10.2. The molecule has 0 bridgehead atoms. The van der Waals surface area contributed by atoms with Gasteiger partial charge < -0.3 is 15.8 Å². The van der Waals surface area contributed by atoms with Gasteiger partial charge in [0.25, 0.3) is 5.91 Å². The van der Waals surface area contributed by atoms with Crippen molar-refractivity contribution in [1.29, 1.82) is 0 Å². The van der Waals surface area contributed by atoms with Gasteiger partial charge in [0.2, 0.25) is 0 Å². The number of nitrogens with two attached hydrogens (primary N) is 1. The molecule has 2 rings (SSSR count). The SMILES string of the molecule is COc1cc(Br)cc(NC(=O)c2ncccc2N)c1. The van der Waals surface area contributed by atoms with E-state index in [0.717, 1.165) is 4.47 Å². The molecule has 19 heavy (non-hydrogen) atoms. The Morgan fingerprint density at radius 2 is 2.21 bits per heavy atom. The molecule has 5 nitrogen and oxygen atoms in total. The first-order valence-electron chi connectivity index (χ1n) is 5.46. The van der Waals surface area contributed by atoms with Crippen molar-refractivity contribution in [3.63, 3.8) is 0 Å². The van der Waals surface area contributed by atoms with Gasteiger partial charge in [-0.25, -0.2) is 4.98 Å². The minimum Gasteiger partial charge on any atom is -0.497 e. The van der Waals surface area contributed by atoms with E-state index in [1.54, 1.807) is 37.4 Å². The minimum absolute atomic E-state index is 0.196. The van der Waals surface area contributed by atoms with Crippen LogP contribution in [-0.2, 0) is 0 Å². The molecule has 3 N–H and O–H groups in total. The molecule has 0 unspecified atom stereocenters. The first-order valence-corrected chi connectivity index (χ1v) is 6.26. The van der Waals surface area contributed by atoms with Gasteiger partial charge >= 0.3 is 0 Å². The Hall–Kier alpha value is -2.08. The van der Waals surface area contributed by atoms with Crippen molar-refractivity contribution < 1.29 is 9.53 Å². The molecule has 0 aliphatic rings. The molecule has 1 heterocycles. The lowest BCUT2D eigenvalue weighted by molar-refractivity contribution is 0.102. The van der Waals surface area contributed by atoms with Gasteiger partial charge in [0, 0.05) is 22.4 Å². The second-order valence-corrected chi connectivity index (χ2v) is 4.69. The third kappa shape index (κ3) is 3.23. The quantitative estimate of drug-likeness (QED) is 0.911. The summed E-state index contributed by atoms with van der Waals surface area (Å²) in [5.41, 5.74) is 6.83. The Labute approximate surface area is 118 Å². The lowest BCUT2D eigenvalue weighted by Gasteiger charge is -2.08. The highest BCUT2D eigenvalue weighted by molar-refractivity contribution is 9.10. The van der Waals surface area contributed by atoms with Crippen LogP contribution in [0.25, 0.3) is 0 Å². The van der Waals surface area contributed by atoms with Gasteiger partial charge in [0.05, 0.1) is 12.8 Å². The third-order valence-electron chi connectivity index (χ3n) is 2.42. The maximum atomic E-state index is 12.0. The predicted octanol–water partition coefficient (Wildman–Crippen LogP) is 2.69. The molecule has 0 atom stereocenters. The molecule has 1 aromatic heterocycles. The first-order chi connectivity index (χ1) is 9.10. The van der Waals surface area contributed by atoms with E-state index in [9.17, 15) is 4.79 Å². The van der Waals surface area contributed by atoms with Gasteiger partial charge in [-0.1, -0.05) is 15.9 Å². The summed E-state index contributed by atoms with van der Waals surface area (Å²) < 4.78 is 5.93. The number of nitrogen functional groups attached to an aromatic ring is 1. The highest BCUT2D eigenvalue weighted by Crippen LogP contribution is 2.25. The molecule has 0 saturated heterocycles. The molecule has 0 aliphatic carbocycles. The van der Waals surface area contributed by atoms with Gasteiger partial charge in [0.15, 0.2) is 5.69 Å². The molecule has 1 aromatic carbocycles. The fourth-order valence-corrected chi connectivity index (χ4v) is 2.02. The Bertz CT molecular complexity index is 617. The zero-order valence-electron chi connectivity index (χ0n) is 10.2. The van der Waals surface area contributed by atoms with Crippen LogP contribution in [0.4, 0.5) is 11.4 Å². The predicted molar refractivity (Wildman–Crippen MR) is 77.3 cm³/mol. The smallest absolute Gasteiger partial charge is 0.276 e. The highest BCUT2D eigenvalue weighted by Gasteiger charge is 2.11. The number of benzene rings is 1.